The van der Waals surface area contributed by atoms with Gasteiger partial charge in [-0.3, -0.25) is 4.79 Å². The molecular weight excluding hydrogens is 234 g/mol. The van der Waals surface area contributed by atoms with Gasteiger partial charge >= 0.3 is 0 Å². The molecule has 1 aromatic carbocycles. The summed E-state index contributed by atoms with van der Waals surface area (Å²) in [6, 6.07) is 7.53. The summed E-state index contributed by atoms with van der Waals surface area (Å²) in [7, 11) is 0. The number of fused-ring (bicyclic) bond motifs is 2. The van der Waals surface area contributed by atoms with Crippen LogP contribution in [0.5, 0.6) is 0 Å². The molecule has 1 amide bonds. The SMILES string of the molecule is O=C(NC1CC2CCC1O2)c1ccccc1S. The van der Waals surface area contributed by atoms with E-state index in [1.807, 2.05) is 18.2 Å². The highest BCUT2D eigenvalue weighted by atomic mass is 32.1. The van der Waals surface area contributed by atoms with Crippen LogP contribution >= 0.6 is 12.6 Å². The highest BCUT2D eigenvalue weighted by Gasteiger charge is 2.41. The maximum atomic E-state index is 12.1. The van der Waals surface area contributed by atoms with Gasteiger partial charge < -0.3 is 10.1 Å². The lowest BCUT2D eigenvalue weighted by Crippen LogP contribution is -2.41. The number of hydrogen-bond acceptors (Lipinski definition) is 3. The number of ether oxygens (including phenoxy) is 1. The molecule has 1 N–H and O–H groups in total. The smallest absolute Gasteiger partial charge is 0.252 e. The van der Waals surface area contributed by atoms with Crippen LogP contribution in [-0.4, -0.2) is 24.2 Å². The fourth-order valence-corrected chi connectivity index (χ4v) is 2.96. The third-order valence-electron chi connectivity index (χ3n) is 3.57. The van der Waals surface area contributed by atoms with Crippen LogP contribution in [0.3, 0.4) is 0 Å². The van der Waals surface area contributed by atoms with E-state index in [1.54, 1.807) is 6.07 Å². The predicted molar refractivity (Wildman–Crippen MR) is 67.5 cm³/mol. The lowest BCUT2D eigenvalue weighted by molar-refractivity contribution is 0.0839. The summed E-state index contributed by atoms with van der Waals surface area (Å²) in [5.74, 6) is -0.0447. The Morgan fingerprint density at radius 3 is 2.82 bits per heavy atom. The van der Waals surface area contributed by atoms with Crippen LogP contribution in [0.25, 0.3) is 0 Å². The van der Waals surface area contributed by atoms with E-state index >= 15 is 0 Å². The second-order valence-corrected chi connectivity index (χ2v) is 5.19. The molecule has 2 aliphatic heterocycles. The Morgan fingerprint density at radius 1 is 1.35 bits per heavy atom. The van der Waals surface area contributed by atoms with Gasteiger partial charge in [-0.1, -0.05) is 12.1 Å². The van der Waals surface area contributed by atoms with E-state index in [9.17, 15) is 4.79 Å². The Kier molecular flexibility index (Phi) is 2.84. The lowest BCUT2D eigenvalue weighted by atomic mass is 9.95. The summed E-state index contributed by atoms with van der Waals surface area (Å²) < 4.78 is 5.72. The largest absolute Gasteiger partial charge is 0.373 e. The zero-order chi connectivity index (χ0) is 11.8. The van der Waals surface area contributed by atoms with Crippen molar-refractivity contribution in [3.63, 3.8) is 0 Å². The van der Waals surface area contributed by atoms with Crippen molar-refractivity contribution in [2.45, 2.75) is 42.4 Å². The molecule has 0 aliphatic carbocycles. The molecule has 0 saturated carbocycles. The molecule has 17 heavy (non-hydrogen) atoms. The summed E-state index contributed by atoms with van der Waals surface area (Å²) in [6.45, 7) is 0. The van der Waals surface area contributed by atoms with Crippen molar-refractivity contribution >= 4 is 18.5 Å². The quantitative estimate of drug-likeness (QED) is 0.787. The average Bonchev–Trinajstić information content (AvgIpc) is 2.91. The van der Waals surface area contributed by atoms with E-state index in [0.29, 0.717) is 16.6 Å². The number of benzene rings is 1. The van der Waals surface area contributed by atoms with Gasteiger partial charge in [-0.2, -0.15) is 0 Å². The molecule has 3 nitrogen and oxygen atoms in total. The average molecular weight is 249 g/mol. The second kappa shape index (κ2) is 4.35. The molecule has 3 rings (SSSR count). The number of rotatable bonds is 2. The summed E-state index contributed by atoms with van der Waals surface area (Å²) >= 11 is 4.30. The normalized spacial score (nSPS) is 30.5. The molecule has 0 aromatic heterocycles. The molecule has 3 unspecified atom stereocenters. The number of hydrogen-bond donors (Lipinski definition) is 2. The number of nitrogens with one attached hydrogen (secondary N) is 1. The van der Waals surface area contributed by atoms with Gasteiger partial charge in [0.1, 0.15) is 0 Å². The van der Waals surface area contributed by atoms with Crippen LogP contribution in [-0.2, 0) is 4.74 Å². The molecule has 4 heteroatoms. The van der Waals surface area contributed by atoms with Crippen LogP contribution in [0.15, 0.2) is 29.2 Å². The molecule has 3 atom stereocenters. The molecule has 90 valence electrons. The van der Waals surface area contributed by atoms with Crippen LogP contribution < -0.4 is 5.32 Å². The first-order chi connectivity index (χ1) is 8.24. The Bertz CT molecular complexity index is 449. The molecule has 0 radical (unpaired) electrons. The first-order valence-corrected chi connectivity index (χ1v) is 6.43. The van der Waals surface area contributed by atoms with Crippen molar-refractivity contribution in [2.75, 3.05) is 0 Å². The molecule has 2 heterocycles. The van der Waals surface area contributed by atoms with Crippen molar-refractivity contribution < 1.29 is 9.53 Å². The van der Waals surface area contributed by atoms with E-state index < -0.39 is 0 Å². The molecule has 0 spiro atoms. The predicted octanol–water partition coefficient (Wildman–Crippen LogP) is 2.02. The molecule has 2 saturated heterocycles. The van der Waals surface area contributed by atoms with Crippen molar-refractivity contribution in [1.29, 1.82) is 0 Å². The van der Waals surface area contributed by atoms with E-state index in [-0.39, 0.29) is 18.1 Å². The maximum absolute atomic E-state index is 12.1. The first-order valence-electron chi connectivity index (χ1n) is 5.98. The van der Waals surface area contributed by atoms with E-state index in [4.69, 9.17) is 4.74 Å². The minimum atomic E-state index is -0.0447. The lowest BCUT2D eigenvalue weighted by Gasteiger charge is -2.20. The Hall–Kier alpha value is -1.00. The van der Waals surface area contributed by atoms with Gasteiger partial charge in [-0.05, 0) is 31.4 Å². The summed E-state index contributed by atoms with van der Waals surface area (Å²) in [6.07, 6.45) is 3.73. The minimum Gasteiger partial charge on any atom is -0.373 e. The standard InChI is InChI=1S/C13H15NO2S/c15-13(9-3-1-2-4-12(9)17)14-10-7-8-5-6-11(10)16-8/h1-4,8,10-11,17H,5-7H2,(H,14,15). The first kappa shape index (κ1) is 11.1. The summed E-state index contributed by atoms with van der Waals surface area (Å²) in [4.78, 5) is 12.8. The third kappa shape index (κ3) is 2.07. The zero-order valence-electron chi connectivity index (χ0n) is 9.43. The number of carbonyl (C=O) groups excluding carboxylic acids is 1. The third-order valence-corrected chi connectivity index (χ3v) is 3.96. The Morgan fingerprint density at radius 2 is 2.18 bits per heavy atom. The zero-order valence-corrected chi connectivity index (χ0v) is 10.3. The number of amides is 1. The van der Waals surface area contributed by atoms with Gasteiger partial charge in [0.05, 0.1) is 23.8 Å². The second-order valence-electron chi connectivity index (χ2n) is 4.71. The molecule has 2 fully saturated rings. The van der Waals surface area contributed by atoms with E-state index in [1.165, 1.54) is 0 Å². The van der Waals surface area contributed by atoms with Gasteiger partial charge in [0, 0.05) is 4.90 Å². The number of carbonyl (C=O) groups is 1. The van der Waals surface area contributed by atoms with Gasteiger partial charge in [-0.15, -0.1) is 12.6 Å². The van der Waals surface area contributed by atoms with Crippen LogP contribution in [0.2, 0.25) is 0 Å². The topological polar surface area (TPSA) is 38.3 Å². The monoisotopic (exact) mass is 249 g/mol. The van der Waals surface area contributed by atoms with Crippen molar-refractivity contribution in [3.8, 4) is 0 Å². The van der Waals surface area contributed by atoms with Crippen molar-refractivity contribution in [2.24, 2.45) is 0 Å². The molecule has 2 bridgehead atoms. The van der Waals surface area contributed by atoms with Crippen molar-refractivity contribution in [3.05, 3.63) is 29.8 Å². The minimum absolute atomic E-state index is 0.0447. The molecule has 2 aliphatic rings. The highest BCUT2D eigenvalue weighted by molar-refractivity contribution is 7.80. The summed E-state index contributed by atoms with van der Waals surface area (Å²) in [5, 5.41) is 3.05. The van der Waals surface area contributed by atoms with Gasteiger partial charge in [0.25, 0.3) is 5.91 Å². The van der Waals surface area contributed by atoms with Crippen molar-refractivity contribution in [1.82, 2.24) is 5.32 Å². The Labute approximate surface area is 106 Å². The highest BCUT2D eigenvalue weighted by Crippen LogP contribution is 2.34. The van der Waals surface area contributed by atoms with Gasteiger partial charge in [-0.25, -0.2) is 0 Å². The van der Waals surface area contributed by atoms with Gasteiger partial charge in [0.15, 0.2) is 0 Å². The van der Waals surface area contributed by atoms with Crippen LogP contribution in [0.1, 0.15) is 29.6 Å². The molecule has 1 aromatic rings. The summed E-state index contributed by atoms with van der Waals surface area (Å²) in [5.41, 5.74) is 0.638. The Balaban J connectivity index is 1.70. The van der Waals surface area contributed by atoms with Crippen LogP contribution in [0, 0.1) is 0 Å². The fourth-order valence-electron chi connectivity index (χ4n) is 2.70. The van der Waals surface area contributed by atoms with Crippen LogP contribution in [0.4, 0.5) is 0 Å². The molecular formula is C13H15NO2S. The van der Waals surface area contributed by atoms with Gasteiger partial charge in [0.2, 0.25) is 0 Å². The number of thiol groups is 1. The van der Waals surface area contributed by atoms with E-state index in [0.717, 1.165) is 19.3 Å². The maximum Gasteiger partial charge on any atom is 0.252 e. The fraction of sp³-hybridized carbons (Fsp3) is 0.462. The van der Waals surface area contributed by atoms with E-state index in [2.05, 4.69) is 17.9 Å².